The third-order valence-corrected chi connectivity index (χ3v) is 5.91. The molecule has 3 rings (SSSR count). The Hall–Kier alpha value is -2.58. The lowest BCUT2D eigenvalue weighted by Crippen LogP contribution is -2.41. The van der Waals surface area contributed by atoms with Crippen molar-refractivity contribution in [3.8, 4) is 5.75 Å². The molecule has 0 aliphatic carbocycles. The SMILES string of the molecule is CS(=O)(=O)c1ccccc1C1CNCC(Oc2ccc(CNC(=O)O)cc2)C1. The summed E-state index contributed by atoms with van der Waals surface area (Å²) in [7, 11) is -3.29. The fourth-order valence-corrected chi connectivity index (χ4v) is 4.43. The van der Waals surface area contributed by atoms with E-state index in [9.17, 15) is 13.2 Å². The van der Waals surface area contributed by atoms with Gasteiger partial charge in [0.05, 0.1) is 4.90 Å². The Balaban J connectivity index is 1.67. The molecule has 1 heterocycles. The lowest BCUT2D eigenvalue weighted by Gasteiger charge is -2.31. The Bertz CT molecular complexity index is 928. The van der Waals surface area contributed by atoms with E-state index in [-0.39, 0.29) is 18.6 Å². The van der Waals surface area contributed by atoms with Gasteiger partial charge in [-0.2, -0.15) is 0 Å². The van der Waals surface area contributed by atoms with Crippen molar-refractivity contribution < 1.29 is 23.1 Å². The van der Waals surface area contributed by atoms with Gasteiger partial charge in [-0.05, 0) is 35.7 Å². The summed E-state index contributed by atoms with van der Waals surface area (Å²) >= 11 is 0. The largest absolute Gasteiger partial charge is 0.489 e. The van der Waals surface area contributed by atoms with Crippen LogP contribution < -0.4 is 15.4 Å². The Labute approximate surface area is 164 Å². The quantitative estimate of drug-likeness (QED) is 0.683. The summed E-state index contributed by atoms with van der Waals surface area (Å²) in [5, 5.41) is 14.3. The number of amides is 1. The van der Waals surface area contributed by atoms with Crippen molar-refractivity contribution in [2.24, 2.45) is 0 Å². The molecule has 2 aromatic rings. The van der Waals surface area contributed by atoms with Crippen molar-refractivity contribution in [1.29, 1.82) is 0 Å². The predicted octanol–water partition coefficient (Wildman–Crippen LogP) is 2.38. The van der Waals surface area contributed by atoms with Gasteiger partial charge in [-0.3, -0.25) is 0 Å². The van der Waals surface area contributed by atoms with Gasteiger partial charge in [-0.1, -0.05) is 30.3 Å². The highest BCUT2D eigenvalue weighted by Gasteiger charge is 2.27. The lowest BCUT2D eigenvalue weighted by molar-refractivity contribution is 0.155. The third kappa shape index (κ3) is 5.24. The minimum absolute atomic E-state index is 0.0451. The van der Waals surface area contributed by atoms with Crippen LogP contribution in [-0.2, 0) is 16.4 Å². The van der Waals surface area contributed by atoms with Gasteiger partial charge in [-0.25, -0.2) is 13.2 Å². The summed E-state index contributed by atoms with van der Waals surface area (Å²) in [5.74, 6) is 0.742. The molecule has 1 aliphatic heterocycles. The molecule has 28 heavy (non-hydrogen) atoms. The minimum atomic E-state index is -3.29. The van der Waals surface area contributed by atoms with Crippen LogP contribution in [0.2, 0.25) is 0 Å². The second-order valence-corrected chi connectivity index (χ2v) is 8.93. The van der Waals surface area contributed by atoms with Crippen LogP contribution >= 0.6 is 0 Å². The Morgan fingerprint density at radius 3 is 2.57 bits per heavy atom. The molecule has 2 unspecified atom stereocenters. The maximum Gasteiger partial charge on any atom is 0.404 e. The van der Waals surface area contributed by atoms with Gasteiger partial charge < -0.3 is 20.5 Å². The van der Waals surface area contributed by atoms with E-state index in [1.807, 2.05) is 36.4 Å². The summed E-state index contributed by atoms with van der Waals surface area (Å²) in [6.45, 7) is 1.62. The molecule has 7 nitrogen and oxygen atoms in total. The van der Waals surface area contributed by atoms with Gasteiger partial charge in [0.15, 0.2) is 9.84 Å². The fraction of sp³-hybridized carbons (Fsp3) is 0.350. The zero-order valence-corrected chi connectivity index (χ0v) is 16.4. The Morgan fingerprint density at radius 2 is 1.89 bits per heavy atom. The van der Waals surface area contributed by atoms with E-state index in [0.717, 1.165) is 11.1 Å². The number of carboxylic acid groups (broad SMARTS) is 1. The molecule has 8 heteroatoms. The molecule has 0 saturated carbocycles. The van der Waals surface area contributed by atoms with Crippen LogP contribution in [0.25, 0.3) is 0 Å². The van der Waals surface area contributed by atoms with Crippen LogP contribution in [0.1, 0.15) is 23.5 Å². The van der Waals surface area contributed by atoms with Crippen molar-refractivity contribution in [3.05, 3.63) is 59.7 Å². The Kier molecular flexibility index (Phi) is 6.21. The topological polar surface area (TPSA) is 105 Å². The van der Waals surface area contributed by atoms with Gasteiger partial charge in [0, 0.05) is 31.8 Å². The van der Waals surface area contributed by atoms with Crippen LogP contribution in [0.3, 0.4) is 0 Å². The summed E-state index contributed by atoms with van der Waals surface area (Å²) < 4.78 is 30.3. The smallest absolute Gasteiger partial charge is 0.404 e. The Morgan fingerprint density at radius 1 is 1.18 bits per heavy atom. The molecule has 0 bridgehead atoms. The molecule has 1 amide bonds. The first kappa shape index (κ1) is 20.2. The van der Waals surface area contributed by atoms with E-state index >= 15 is 0 Å². The van der Waals surface area contributed by atoms with Crippen LogP contribution in [0.5, 0.6) is 5.75 Å². The van der Waals surface area contributed by atoms with Crippen LogP contribution in [0.15, 0.2) is 53.4 Å². The molecule has 1 fully saturated rings. The molecule has 1 saturated heterocycles. The monoisotopic (exact) mass is 404 g/mol. The maximum atomic E-state index is 12.1. The van der Waals surface area contributed by atoms with Crippen molar-refractivity contribution in [3.63, 3.8) is 0 Å². The van der Waals surface area contributed by atoms with Gasteiger partial charge in [0.1, 0.15) is 11.9 Å². The maximum absolute atomic E-state index is 12.1. The molecule has 1 aliphatic rings. The highest BCUT2D eigenvalue weighted by Crippen LogP contribution is 2.30. The van der Waals surface area contributed by atoms with Crippen LogP contribution in [-0.4, -0.2) is 45.1 Å². The average Bonchev–Trinajstić information content (AvgIpc) is 2.67. The summed E-state index contributed by atoms with van der Waals surface area (Å²) in [4.78, 5) is 10.9. The second-order valence-electron chi connectivity index (χ2n) is 6.94. The zero-order chi connectivity index (χ0) is 20.1. The van der Waals surface area contributed by atoms with Crippen molar-refractivity contribution in [2.75, 3.05) is 19.3 Å². The number of ether oxygens (including phenoxy) is 1. The highest BCUT2D eigenvalue weighted by atomic mass is 32.2. The van der Waals surface area contributed by atoms with E-state index in [1.165, 1.54) is 6.26 Å². The number of piperidine rings is 1. The first-order chi connectivity index (χ1) is 13.3. The molecule has 0 aromatic heterocycles. The number of nitrogens with one attached hydrogen (secondary N) is 2. The molecular weight excluding hydrogens is 380 g/mol. The van der Waals surface area contributed by atoms with E-state index in [2.05, 4.69) is 10.6 Å². The average molecular weight is 404 g/mol. The molecule has 150 valence electrons. The summed E-state index contributed by atoms with van der Waals surface area (Å²) in [5.41, 5.74) is 1.66. The van der Waals surface area contributed by atoms with Gasteiger partial charge >= 0.3 is 6.09 Å². The van der Waals surface area contributed by atoms with Crippen molar-refractivity contribution in [1.82, 2.24) is 10.6 Å². The molecular formula is C20H24N2O5S. The molecule has 3 N–H and O–H groups in total. The molecule has 2 aromatic carbocycles. The number of hydrogen-bond acceptors (Lipinski definition) is 5. The van der Waals surface area contributed by atoms with Crippen molar-refractivity contribution >= 4 is 15.9 Å². The van der Waals surface area contributed by atoms with Gasteiger partial charge in [0.2, 0.25) is 0 Å². The number of benzene rings is 2. The number of hydrogen-bond donors (Lipinski definition) is 3. The van der Waals surface area contributed by atoms with Gasteiger partial charge in [-0.15, -0.1) is 0 Å². The zero-order valence-electron chi connectivity index (χ0n) is 15.6. The normalized spacial score (nSPS) is 19.8. The predicted molar refractivity (Wildman–Crippen MR) is 106 cm³/mol. The number of rotatable bonds is 6. The van der Waals surface area contributed by atoms with Crippen molar-refractivity contribution in [2.45, 2.75) is 29.9 Å². The molecule has 0 radical (unpaired) electrons. The first-order valence-corrected chi connectivity index (χ1v) is 10.9. The second kappa shape index (κ2) is 8.62. The van der Waals surface area contributed by atoms with Crippen LogP contribution in [0, 0.1) is 0 Å². The summed E-state index contributed by atoms with van der Waals surface area (Å²) in [6, 6.07) is 14.4. The van der Waals surface area contributed by atoms with Gasteiger partial charge in [0.25, 0.3) is 0 Å². The summed E-state index contributed by atoms with van der Waals surface area (Å²) in [6.07, 6.45) is 0.794. The standard InChI is InChI=1S/C20H24N2O5S/c1-28(25,26)19-5-3-2-4-18(19)15-10-17(13-21-12-15)27-16-8-6-14(7-9-16)11-22-20(23)24/h2-9,15,17,21-22H,10-13H2,1H3,(H,23,24). The fourth-order valence-electron chi connectivity index (χ4n) is 3.44. The highest BCUT2D eigenvalue weighted by molar-refractivity contribution is 7.90. The van der Waals surface area contributed by atoms with E-state index in [1.54, 1.807) is 12.1 Å². The van der Waals surface area contributed by atoms with Crippen LogP contribution in [0.4, 0.5) is 4.79 Å². The lowest BCUT2D eigenvalue weighted by atomic mass is 9.90. The number of carbonyl (C=O) groups is 1. The first-order valence-electron chi connectivity index (χ1n) is 9.05. The molecule has 2 atom stereocenters. The third-order valence-electron chi connectivity index (χ3n) is 4.74. The minimum Gasteiger partial charge on any atom is -0.489 e. The molecule has 0 spiro atoms. The van der Waals surface area contributed by atoms with E-state index in [0.29, 0.717) is 30.2 Å². The number of sulfone groups is 1. The van der Waals surface area contributed by atoms with E-state index in [4.69, 9.17) is 9.84 Å². The van der Waals surface area contributed by atoms with E-state index < -0.39 is 15.9 Å².